The fourth-order valence-electron chi connectivity index (χ4n) is 1.51. The van der Waals surface area contributed by atoms with E-state index in [4.69, 9.17) is 22.2 Å². The Morgan fingerprint density at radius 1 is 1.42 bits per heavy atom. The number of benzene rings is 1. The first-order chi connectivity index (χ1) is 9.15. The van der Waals surface area contributed by atoms with Gasteiger partial charge in [0.2, 0.25) is 0 Å². The molecule has 0 unspecified atom stereocenters. The second-order valence-electron chi connectivity index (χ2n) is 3.61. The number of carbonyl (C=O) groups excluding carboxylic acids is 1. The van der Waals surface area contributed by atoms with E-state index in [-0.39, 0.29) is 5.69 Å². The topological polar surface area (TPSA) is 90.1 Å². The van der Waals surface area contributed by atoms with Crippen LogP contribution >= 0.6 is 11.6 Å². The van der Waals surface area contributed by atoms with Crippen LogP contribution in [0.25, 0.3) is 11.3 Å². The lowest BCUT2D eigenvalue weighted by Gasteiger charge is -2.07. The van der Waals surface area contributed by atoms with E-state index in [0.29, 0.717) is 22.0 Å². The van der Waals surface area contributed by atoms with Crippen LogP contribution in [0.15, 0.2) is 30.6 Å². The van der Waals surface area contributed by atoms with Gasteiger partial charge in [0.05, 0.1) is 30.2 Å². The molecule has 0 aliphatic carbocycles. The van der Waals surface area contributed by atoms with Crippen molar-refractivity contribution in [3.8, 4) is 17.0 Å². The molecule has 0 aliphatic heterocycles. The highest BCUT2D eigenvalue weighted by Crippen LogP contribution is 2.29. The van der Waals surface area contributed by atoms with E-state index < -0.39 is 5.91 Å². The third-order valence-electron chi connectivity index (χ3n) is 2.45. The molecule has 0 atom stereocenters. The zero-order valence-corrected chi connectivity index (χ0v) is 10.8. The number of carbonyl (C=O) groups is 1. The molecule has 6 nitrogen and oxygen atoms in total. The number of nitrogens with one attached hydrogen (secondary N) is 1. The fraction of sp³-hybridized carbons (Fsp3) is 0.0833. The number of ether oxygens (including phenoxy) is 1. The highest BCUT2D eigenvalue weighted by Gasteiger charge is 2.11. The number of hydrazine groups is 1. The molecule has 1 aromatic carbocycles. The molecule has 0 radical (unpaired) electrons. The van der Waals surface area contributed by atoms with Gasteiger partial charge in [-0.1, -0.05) is 11.6 Å². The summed E-state index contributed by atoms with van der Waals surface area (Å²) in [5.41, 5.74) is 3.25. The van der Waals surface area contributed by atoms with Gasteiger partial charge in [0.15, 0.2) is 0 Å². The van der Waals surface area contributed by atoms with Gasteiger partial charge in [0.1, 0.15) is 11.4 Å². The quantitative estimate of drug-likeness (QED) is 0.503. The molecule has 19 heavy (non-hydrogen) atoms. The molecule has 2 rings (SSSR count). The SMILES string of the molecule is COc1ccc(-c2cncc(C(=O)NN)n2)c(Cl)c1. The summed E-state index contributed by atoms with van der Waals surface area (Å²) in [5.74, 6) is 5.17. The van der Waals surface area contributed by atoms with E-state index in [1.807, 2.05) is 5.43 Å². The van der Waals surface area contributed by atoms with Crippen LogP contribution < -0.4 is 16.0 Å². The monoisotopic (exact) mass is 278 g/mol. The van der Waals surface area contributed by atoms with Gasteiger partial charge in [-0.15, -0.1) is 0 Å². The molecule has 0 aliphatic rings. The summed E-state index contributed by atoms with van der Waals surface area (Å²) in [7, 11) is 1.55. The highest BCUT2D eigenvalue weighted by atomic mass is 35.5. The van der Waals surface area contributed by atoms with Crippen LogP contribution in [-0.4, -0.2) is 23.0 Å². The number of nitrogen functional groups attached to an aromatic ring is 1. The van der Waals surface area contributed by atoms with Crippen molar-refractivity contribution in [3.63, 3.8) is 0 Å². The predicted molar refractivity (Wildman–Crippen MR) is 70.7 cm³/mol. The van der Waals surface area contributed by atoms with E-state index in [1.54, 1.807) is 25.3 Å². The molecule has 3 N–H and O–H groups in total. The predicted octanol–water partition coefficient (Wildman–Crippen LogP) is 1.41. The van der Waals surface area contributed by atoms with Crippen LogP contribution in [0.5, 0.6) is 5.75 Å². The van der Waals surface area contributed by atoms with Crippen LogP contribution in [-0.2, 0) is 0 Å². The number of halogens is 1. The van der Waals surface area contributed by atoms with Gasteiger partial charge in [-0.25, -0.2) is 10.8 Å². The fourth-order valence-corrected chi connectivity index (χ4v) is 1.78. The van der Waals surface area contributed by atoms with Crippen LogP contribution in [0.4, 0.5) is 0 Å². The zero-order valence-electron chi connectivity index (χ0n) is 10.1. The number of aromatic nitrogens is 2. The van der Waals surface area contributed by atoms with Crippen molar-refractivity contribution in [1.82, 2.24) is 15.4 Å². The molecule has 0 spiro atoms. The number of nitrogens with two attached hydrogens (primary N) is 1. The summed E-state index contributed by atoms with van der Waals surface area (Å²) in [5, 5.41) is 0.457. The lowest BCUT2D eigenvalue weighted by atomic mass is 10.1. The molecule has 1 amide bonds. The van der Waals surface area contributed by atoms with Crippen molar-refractivity contribution >= 4 is 17.5 Å². The highest BCUT2D eigenvalue weighted by molar-refractivity contribution is 6.33. The van der Waals surface area contributed by atoms with Gasteiger partial charge < -0.3 is 4.74 Å². The Morgan fingerprint density at radius 3 is 2.84 bits per heavy atom. The second-order valence-corrected chi connectivity index (χ2v) is 4.02. The van der Waals surface area contributed by atoms with Crippen molar-refractivity contribution in [2.45, 2.75) is 0 Å². The maximum atomic E-state index is 11.4. The Bertz CT molecular complexity index is 618. The van der Waals surface area contributed by atoms with Crippen LogP contribution in [0.1, 0.15) is 10.5 Å². The van der Waals surface area contributed by atoms with Crippen molar-refractivity contribution < 1.29 is 9.53 Å². The van der Waals surface area contributed by atoms with E-state index >= 15 is 0 Å². The van der Waals surface area contributed by atoms with E-state index in [9.17, 15) is 4.79 Å². The molecule has 98 valence electrons. The van der Waals surface area contributed by atoms with Crippen molar-refractivity contribution in [2.75, 3.05) is 7.11 Å². The van der Waals surface area contributed by atoms with Gasteiger partial charge in [0, 0.05) is 5.56 Å². The first-order valence-electron chi connectivity index (χ1n) is 5.32. The van der Waals surface area contributed by atoms with E-state index in [1.165, 1.54) is 12.4 Å². The molecule has 0 bridgehead atoms. The standard InChI is InChI=1S/C12H11ClN4O2/c1-19-7-2-3-8(9(13)4-7)10-5-15-6-11(16-10)12(18)17-14/h2-6H,14H2,1H3,(H,17,18). The van der Waals surface area contributed by atoms with Gasteiger partial charge in [0.25, 0.3) is 5.91 Å². The van der Waals surface area contributed by atoms with Crippen LogP contribution in [0.3, 0.4) is 0 Å². The van der Waals surface area contributed by atoms with Crippen molar-refractivity contribution in [3.05, 3.63) is 41.3 Å². The minimum absolute atomic E-state index is 0.117. The number of hydrogen-bond donors (Lipinski definition) is 2. The first-order valence-corrected chi connectivity index (χ1v) is 5.70. The number of rotatable bonds is 3. The Balaban J connectivity index is 2.44. The number of nitrogens with zero attached hydrogens (tertiary/aromatic N) is 2. The minimum Gasteiger partial charge on any atom is -0.497 e. The van der Waals surface area contributed by atoms with Gasteiger partial charge in [-0.3, -0.25) is 15.2 Å². The summed E-state index contributed by atoms with van der Waals surface area (Å²) in [6, 6.07) is 5.15. The molecule has 2 aromatic rings. The van der Waals surface area contributed by atoms with E-state index in [2.05, 4.69) is 9.97 Å². The minimum atomic E-state index is -0.515. The molecular weight excluding hydrogens is 268 g/mol. The van der Waals surface area contributed by atoms with Crippen molar-refractivity contribution in [2.24, 2.45) is 5.84 Å². The Kier molecular flexibility index (Phi) is 3.94. The van der Waals surface area contributed by atoms with Crippen molar-refractivity contribution in [1.29, 1.82) is 0 Å². The molecular formula is C12H11ClN4O2. The zero-order chi connectivity index (χ0) is 13.8. The summed E-state index contributed by atoms with van der Waals surface area (Å²) >= 11 is 6.14. The molecule has 1 aromatic heterocycles. The third-order valence-corrected chi connectivity index (χ3v) is 2.76. The van der Waals surface area contributed by atoms with Gasteiger partial charge in [-0.2, -0.15) is 0 Å². The lowest BCUT2D eigenvalue weighted by Crippen LogP contribution is -2.30. The first kappa shape index (κ1) is 13.3. The normalized spacial score (nSPS) is 10.1. The number of methoxy groups -OCH3 is 1. The molecule has 0 saturated carbocycles. The van der Waals surface area contributed by atoms with Crippen LogP contribution in [0, 0.1) is 0 Å². The summed E-state index contributed by atoms with van der Waals surface area (Å²) in [6.45, 7) is 0. The molecule has 0 fully saturated rings. The largest absolute Gasteiger partial charge is 0.497 e. The smallest absolute Gasteiger partial charge is 0.285 e. The summed E-state index contributed by atoms with van der Waals surface area (Å²) < 4.78 is 5.06. The average molecular weight is 279 g/mol. The molecule has 7 heteroatoms. The van der Waals surface area contributed by atoms with Crippen LogP contribution in [0.2, 0.25) is 5.02 Å². The summed E-state index contributed by atoms with van der Waals surface area (Å²) in [4.78, 5) is 19.5. The van der Waals surface area contributed by atoms with Gasteiger partial charge in [-0.05, 0) is 18.2 Å². The summed E-state index contributed by atoms with van der Waals surface area (Å²) in [6.07, 6.45) is 2.84. The maximum Gasteiger partial charge on any atom is 0.285 e. The van der Waals surface area contributed by atoms with E-state index in [0.717, 1.165) is 0 Å². The second kappa shape index (κ2) is 5.64. The third kappa shape index (κ3) is 2.81. The Morgan fingerprint density at radius 2 is 2.21 bits per heavy atom. The maximum absolute atomic E-state index is 11.4. The number of amides is 1. The Labute approximate surface area is 114 Å². The molecule has 1 heterocycles. The Hall–Kier alpha value is -2.18. The lowest BCUT2D eigenvalue weighted by molar-refractivity contribution is 0.0948. The average Bonchev–Trinajstić information content (AvgIpc) is 2.46. The number of hydrogen-bond acceptors (Lipinski definition) is 5. The van der Waals surface area contributed by atoms with Gasteiger partial charge >= 0.3 is 0 Å². The molecule has 0 saturated heterocycles.